The van der Waals surface area contributed by atoms with Crippen LogP contribution < -0.4 is 0 Å². The highest BCUT2D eigenvalue weighted by Gasteiger charge is 2.48. The zero-order valence-corrected chi connectivity index (χ0v) is 16.5. The van der Waals surface area contributed by atoms with Crippen molar-refractivity contribution >= 4 is 23.5 Å². The first-order valence-electron chi connectivity index (χ1n) is 8.37. The molecule has 1 atom stereocenters. The summed E-state index contributed by atoms with van der Waals surface area (Å²) in [6.45, 7) is 5.75. The van der Waals surface area contributed by atoms with Gasteiger partial charge in [-0.25, -0.2) is 4.79 Å². The molecule has 1 fully saturated rings. The van der Waals surface area contributed by atoms with E-state index in [4.69, 9.17) is 30.5 Å². The summed E-state index contributed by atoms with van der Waals surface area (Å²) in [7, 11) is 1.19. The lowest BCUT2D eigenvalue weighted by molar-refractivity contribution is -0.163. The Labute approximate surface area is 163 Å². The molecule has 27 heavy (non-hydrogen) atoms. The van der Waals surface area contributed by atoms with Crippen molar-refractivity contribution in [3.63, 3.8) is 0 Å². The third kappa shape index (κ3) is 4.78. The molecular formula is C19H22ClNO6. The average Bonchev–Trinajstić information content (AvgIpc) is 3.12. The van der Waals surface area contributed by atoms with Crippen molar-refractivity contribution in [1.29, 1.82) is 5.26 Å². The van der Waals surface area contributed by atoms with Crippen molar-refractivity contribution in [2.45, 2.75) is 44.5 Å². The van der Waals surface area contributed by atoms with Crippen molar-refractivity contribution in [1.82, 2.24) is 0 Å². The molecule has 146 valence electrons. The number of carbonyl (C=O) groups excluding carboxylic acids is 2. The summed E-state index contributed by atoms with van der Waals surface area (Å²) in [5.74, 6) is -1.58. The molecule has 8 heteroatoms. The van der Waals surface area contributed by atoms with Crippen LogP contribution in [-0.2, 0) is 34.0 Å². The largest absolute Gasteiger partial charge is 0.469 e. The molecule has 1 aliphatic heterocycles. The van der Waals surface area contributed by atoms with E-state index in [2.05, 4.69) is 0 Å². The second-order valence-corrected chi connectivity index (χ2v) is 7.51. The molecule has 0 N–H and O–H groups in total. The van der Waals surface area contributed by atoms with Gasteiger partial charge in [-0.15, -0.1) is 0 Å². The first kappa shape index (κ1) is 21.2. The van der Waals surface area contributed by atoms with Crippen molar-refractivity contribution < 1.29 is 28.5 Å². The third-order valence-electron chi connectivity index (χ3n) is 3.92. The zero-order chi connectivity index (χ0) is 20.2. The highest BCUT2D eigenvalue weighted by Crippen LogP contribution is 2.39. The summed E-state index contributed by atoms with van der Waals surface area (Å²) >= 11 is 6.11. The van der Waals surface area contributed by atoms with Crippen LogP contribution in [0.5, 0.6) is 0 Å². The van der Waals surface area contributed by atoms with Crippen LogP contribution >= 0.6 is 11.6 Å². The van der Waals surface area contributed by atoms with Gasteiger partial charge < -0.3 is 18.9 Å². The molecule has 0 bridgehead atoms. The Kier molecular flexibility index (Phi) is 6.47. The normalized spacial score (nSPS) is 17.0. The molecule has 1 saturated heterocycles. The topological polar surface area (TPSA) is 94.9 Å². The van der Waals surface area contributed by atoms with Gasteiger partial charge in [0.1, 0.15) is 5.60 Å². The Morgan fingerprint density at radius 3 is 2.44 bits per heavy atom. The van der Waals surface area contributed by atoms with Crippen LogP contribution in [0.2, 0.25) is 5.02 Å². The minimum atomic E-state index is -1.93. The van der Waals surface area contributed by atoms with E-state index in [9.17, 15) is 14.9 Å². The van der Waals surface area contributed by atoms with Gasteiger partial charge in [-0.05, 0) is 38.5 Å². The van der Waals surface area contributed by atoms with E-state index in [1.54, 1.807) is 26.8 Å². The van der Waals surface area contributed by atoms with Gasteiger partial charge in [0.05, 0.1) is 32.8 Å². The summed E-state index contributed by atoms with van der Waals surface area (Å²) in [6.07, 6.45) is -1.32. The van der Waals surface area contributed by atoms with Crippen molar-refractivity contribution in [3.05, 3.63) is 34.3 Å². The van der Waals surface area contributed by atoms with Gasteiger partial charge in [-0.2, -0.15) is 5.26 Å². The number of ether oxygens (including phenoxy) is 4. The predicted molar refractivity (Wildman–Crippen MR) is 95.9 cm³/mol. The molecule has 2 rings (SSSR count). The van der Waals surface area contributed by atoms with Gasteiger partial charge >= 0.3 is 11.9 Å². The van der Waals surface area contributed by atoms with Crippen LogP contribution in [-0.4, -0.2) is 37.9 Å². The lowest BCUT2D eigenvalue weighted by Gasteiger charge is -2.31. The molecule has 0 spiro atoms. The van der Waals surface area contributed by atoms with E-state index in [1.807, 2.05) is 6.07 Å². The second-order valence-electron chi connectivity index (χ2n) is 7.08. The van der Waals surface area contributed by atoms with E-state index in [0.717, 1.165) is 0 Å². The minimum Gasteiger partial charge on any atom is -0.469 e. The summed E-state index contributed by atoms with van der Waals surface area (Å²) in [5, 5.41) is 10.4. The van der Waals surface area contributed by atoms with Gasteiger partial charge in [-0.3, -0.25) is 4.79 Å². The number of benzene rings is 1. The van der Waals surface area contributed by atoms with E-state index < -0.39 is 35.7 Å². The Hall–Kier alpha value is -2.14. The molecule has 7 nitrogen and oxygen atoms in total. The van der Waals surface area contributed by atoms with Gasteiger partial charge in [0.2, 0.25) is 0 Å². The Morgan fingerprint density at radius 2 is 1.93 bits per heavy atom. The summed E-state index contributed by atoms with van der Waals surface area (Å²) in [5.41, 5.74) is -2.16. The summed E-state index contributed by atoms with van der Waals surface area (Å²) in [4.78, 5) is 25.1. The number of esters is 2. The second kappa shape index (κ2) is 8.26. The van der Waals surface area contributed by atoms with Gasteiger partial charge in [-0.1, -0.05) is 17.7 Å². The van der Waals surface area contributed by atoms with Crippen LogP contribution in [0.4, 0.5) is 0 Å². The maximum absolute atomic E-state index is 13.0. The Morgan fingerprint density at radius 1 is 1.30 bits per heavy atom. The molecule has 1 aromatic carbocycles. The molecule has 0 aliphatic carbocycles. The Bertz CT molecular complexity index is 760. The first-order chi connectivity index (χ1) is 12.6. The molecule has 1 aliphatic rings. The van der Waals surface area contributed by atoms with Crippen LogP contribution in [0, 0.1) is 11.3 Å². The standard InChI is InChI=1S/C19H22ClNO6/c1-18(2,3)27-17(23)19(11-21,10-15(22)24-4)14-6-5-12(20)9-13(14)16-25-7-8-26-16/h5-6,9,16H,7-8,10H2,1-4H3. The van der Waals surface area contributed by atoms with Crippen LogP contribution in [0.25, 0.3) is 0 Å². The smallest absolute Gasteiger partial charge is 0.332 e. The van der Waals surface area contributed by atoms with Crippen LogP contribution in [0.3, 0.4) is 0 Å². The molecule has 1 aromatic rings. The fraction of sp³-hybridized carbons (Fsp3) is 0.526. The quantitative estimate of drug-likeness (QED) is 0.707. The van der Waals surface area contributed by atoms with E-state index in [1.165, 1.54) is 19.2 Å². The summed E-state index contributed by atoms with van der Waals surface area (Å²) < 4.78 is 21.2. The SMILES string of the molecule is COC(=O)CC(C#N)(C(=O)OC(C)(C)C)c1ccc(Cl)cc1C1OCCO1. The van der Waals surface area contributed by atoms with Gasteiger partial charge in [0.15, 0.2) is 11.7 Å². The lowest BCUT2D eigenvalue weighted by Crippen LogP contribution is -2.43. The zero-order valence-electron chi connectivity index (χ0n) is 15.7. The molecule has 1 heterocycles. The third-order valence-corrected chi connectivity index (χ3v) is 4.16. The molecular weight excluding hydrogens is 374 g/mol. The minimum absolute atomic E-state index is 0.237. The number of halogens is 1. The molecule has 0 radical (unpaired) electrons. The average molecular weight is 396 g/mol. The molecule has 0 amide bonds. The number of nitrogens with zero attached hydrogens (tertiary/aromatic N) is 1. The van der Waals surface area contributed by atoms with Crippen LogP contribution in [0.1, 0.15) is 44.6 Å². The predicted octanol–water partition coefficient (Wildman–Crippen LogP) is 3.05. The highest BCUT2D eigenvalue weighted by atomic mass is 35.5. The fourth-order valence-corrected chi connectivity index (χ4v) is 2.91. The number of hydrogen-bond acceptors (Lipinski definition) is 7. The van der Waals surface area contributed by atoms with Crippen LogP contribution in [0.15, 0.2) is 18.2 Å². The molecule has 1 unspecified atom stereocenters. The van der Waals surface area contributed by atoms with Gasteiger partial charge in [0.25, 0.3) is 0 Å². The van der Waals surface area contributed by atoms with Crippen molar-refractivity contribution in [3.8, 4) is 6.07 Å². The molecule has 0 saturated carbocycles. The Balaban J connectivity index is 2.64. The van der Waals surface area contributed by atoms with E-state index >= 15 is 0 Å². The molecule has 0 aromatic heterocycles. The van der Waals surface area contributed by atoms with E-state index in [0.29, 0.717) is 23.8 Å². The monoisotopic (exact) mass is 395 g/mol. The number of rotatable bonds is 5. The number of hydrogen-bond donors (Lipinski definition) is 0. The fourth-order valence-electron chi connectivity index (χ4n) is 2.73. The maximum Gasteiger partial charge on any atom is 0.332 e. The first-order valence-corrected chi connectivity index (χ1v) is 8.75. The maximum atomic E-state index is 13.0. The number of nitriles is 1. The van der Waals surface area contributed by atoms with Gasteiger partial charge in [0, 0.05) is 10.6 Å². The lowest BCUT2D eigenvalue weighted by atomic mass is 9.76. The van der Waals surface area contributed by atoms with E-state index in [-0.39, 0.29) is 5.56 Å². The number of carbonyl (C=O) groups is 2. The van der Waals surface area contributed by atoms with Crippen molar-refractivity contribution in [2.75, 3.05) is 20.3 Å². The highest BCUT2D eigenvalue weighted by molar-refractivity contribution is 6.30. The summed E-state index contributed by atoms with van der Waals surface area (Å²) in [6, 6.07) is 6.57. The van der Waals surface area contributed by atoms with Crippen molar-refractivity contribution in [2.24, 2.45) is 0 Å². The number of methoxy groups -OCH3 is 1.